The Morgan fingerprint density at radius 1 is 1.06 bits per heavy atom. The second-order valence-corrected chi connectivity index (χ2v) is 9.87. The molecule has 190 valence electrons. The van der Waals surface area contributed by atoms with E-state index in [0.717, 1.165) is 57.5 Å². The maximum Gasteiger partial charge on any atom is 0.271 e. The van der Waals surface area contributed by atoms with E-state index in [1.807, 2.05) is 19.1 Å². The predicted molar refractivity (Wildman–Crippen MR) is 140 cm³/mol. The summed E-state index contributed by atoms with van der Waals surface area (Å²) in [4.78, 5) is 26.4. The Morgan fingerprint density at radius 3 is 2.29 bits per heavy atom. The Hall–Kier alpha value is -2.91. The maximum atomic E-state index is 12.2. The molecule has 35 heavy (non-hydrogen) atoms. The monoisotopic (exact) mass is 481 g/mol. The van der Waals surface area contributed by atoms with Gasteiger partial charge in [0.15, 0.2) is 11.5 Å². The molecule has 0 radical (unpaired) electrons. The number of aryl methyl sites for hydroxylation is 1. The minimum atomic E-state index is -0.610. The maximum absolute atomic E-state index is 12.2. The van der Waals surface area contributed by atoms with Crippen molar-refractivity contribution >= 4 is 28.9 Å². The lowest BCUT2D eigenvalue weighted by Crippen LogP contribution is -2.48. The Balaban J connectivity index is 1.50. The molecule has 0 atom stereocenters. The fourth-order valence-electron chi connectivity index (χ4n) is 4.89. The van der Waals surface area contributed by atoms with Crippen LogP contribution in [0.15, 0.2) is 24.3 Å². The molecule has 1 saturated heterocycles. The fourth-order valence-corrected chi connectivity index (χ4v) is 4.89. The molecule has 2 heterocycles. The van der Waals surface area contributed by atoms with Crippen LogP contribution < -0.4 is 21.3 Å². The van der Waals surface area contributed by atoms with Gasteiger partial charge < -0.3 is 26.4 Å². The molecule has 2 fully saturated rings. The number of aliphatic hydroxyl groups is 1. The second kappa shape index (κ2) is 11.2. The van der Waals surface area contributed by atoms with E-state index in [1.54, 1.807) is 0 Å². The van der Waals surface area contributed by atoms with E-state index in [0.29, 0.717) is 29.8 Å². The van der Waals surface area contributed by atoms with E-state index in [-0.39, 0.29) is 17.8 Å². The topological polar surface area (TPSA) is 120 Å². The summed E-state index contributed by atoms with van der Waals surface area (Å²) in [5.41, 5.74) is 8.51. The summed E-state index contributed by atoms with van der Waals surface area (Å²) in [5, 5.41) is 16.6. The molecule has 1 aliphatic carbocycles. The number of piperazine rings is 1. The number of nitrogens with two attached hydrogens (primary N) is 1. The van der Waals surface area contributed by atoms with Crippen molar-refractivity contribution in [3.63, 3.8) is 0 Å². The number of hydrogen-bond donors (Lipinski definition) is 4. The number of carbonyl (C=O) groups is 1. The number of carbonyl (C=O) groups excluding carboxylic acids is 1. The lowest BCUT2D eigenvalue weighted by molar-refractivity contribution is 0.0996. The van der Waals surface area contributed by atoms with Crippen LogP contribution in [-0.4, -0.2) is 70.2 Å². The lowest BCUT2D eigenvalue weighted by Gasteiger charge is -2.38. The summed E-state index contributed by atoms with van der Waals surface area (Å²) in [5.74, 6) is 0.411. The predicted octanol–water partition coefficient (Wildman–Crippen LogP) is 3.13. The van der Waals surface area contributed by atoms with Gasteiger partial charge in [-0.1, -0.05) is 6.92 Å². The van der Waals surface area contributed by atoms with Gasteiger partial charge in [-0.15, -0.1) is 0 Å². The third kappa shape index (κ3) is 6.21. The zero-order valence-corrected chi connectivity index (χ0v) is 21.1. The van der Waals surface area contributed by atoms with Crippen molar-refractivity contribution in [1.29, 1.82) is 0 Å². The van der Waals surface area contributed by atoms with Crippen LogP contribution in [0.25, 0.3) is 0 Å². The van der Waals surface area contributed by atoms with Gasteiger partial charge in [0.2, 0.25) is 0 Å². The normalized spacial score (nSPS) is 21.2. The molecular weight excluding hydrogens is 442 g/mol. The third-order valence-corrected chi connectivity index (χ3v) is 7.11. The quantitative estimate of drug-likeness (QED) is 0.454. The molecule has 5 N–H and O–H groups in total. The summed E-state index contributed by atoms with van der Waals surface area (Å²) < 4.78 is 0. The summed E-state index contributed by atoms with van der Waals surface area (Å²) in [6.45, 7) is 10.6. The van der Waals surface area contributed by atoms with Crippen molar-refractivity contribution < 1.29 is 9.90 Å². The van der Waals surface area contributed by atoms with Crippen LogP contribution in [0.1, 0.15) is 62.6 Å². The SMILES string of the molecule is CCc1nc(C(N)=O)c(Nc2ccc(N3CCN(C(C)C)CC3)cc2)nc1NC1CCC(O)CC1. The van der Waals surface area contributed by atoms with Gasteiger partial charge in [0.1, 0.15) is 5.82 Å². The number of nitrogens with zero attached hydrogens (tertiary/aromatic N) is 4. The van der Waals surface area contributed by atoms with E-state index in [1.165, 1.54) is 5.69 Å². The molecule has 1 amide bonds. The number of aliphatic hydroxyl groups excluding tert-OH is 1. The number of aromatic nitrogens is 2. The average molecular weight is 482 g/mol. The first kappa shape index (κ1) is 25.2. The number of benzene rings is 1. The van der Waals surface area contributed by atoms with Gasteiger partial charge in [0, 0.05) is 49.6 Å². The molecule has 4 rings (SSSR count). The fraction of sp³-hybridized carbons (Fsp3) is 0.577. The molecule has 1 saturated carbocycles. The molecule has 0 spiro atoms. The molecule has 1 aromatic heterocycles. The minimum absolute atomic E-state index is 0.139. The Kier molecular flexibility index (Phi) is 8.07. The summed E-state index contributed by atoms with van der Waals surface area (Å²) in [6.07, 6.45) is 3.70. The highest BCUT2D eigenvalue weighted by atomic mass is 16.3. The van der Waals surface area contributed by atoms with Crippen LogP contribution in [-0.2, 0) is 6.42 Å². The van der Waals surface area contributed by atoms with Crippen molar-refractivity contribution in [2.75, 3.05) is 41.7 Å². The molecular formula is C26H39N7O2. The van der Waals surface area contributed by atoms with Crippen molar-refractivity contribution in [3.05, 3.63) is 35.7 Å². The second-order valence-electron chi connectivity index (χ2n) is 9.87. The molecule has 0 bridgehead atoms. The standard InChI is InChI=1S/C26H39N7O2/c1-4-22-25(28-19-7-11-21(34)12-8-19)31-26(23(30-22)24(27)35)29-18-5-9-20(10-6-18)33-15-13-32(14-16-33)17(2)3/h5-6,9-10,17,19,21,34H,4,7-8,11-16H2,1-3H3,(H2,27,35)(H2,28,29,31). The third-order valence-electron chi connectivity index (χ3n) is 7.11. The molecule has 9 nitrogen and oxygen atoms in total. The summed E-state index contributed by atoms with van der Waals surface area (Å²) >= 11 is 0. The van der Waals surface area contributed by atoms with Crippen LogP contribution in [0.2, 0.25) is 0 Å². The van der Waals surface area contributed by atoms with Gasteiger partial charge in [-0.25, -0.2) is 9.97 Å². The first-order chi connectivity index (χ1) is 16.8. The van der Waals surface area contributed by atoms with Gasteiger partial charge in [0.25, 0.3) is 5.91 Å². The molecule has 1 aromatic carbocycles. The molecule has 2 aliphatic rings. The van der Waals surface area contributed by atoms with Crippen LogP contribution in [0.4, 0.5) is 23.0 Å². The first-order valence-corrected chi connectivity index (χ1v) is 12.9. The molecule has 9 heteroatoms. The smallest absolute Gasteiger partial charge is 0.271 e. The summed E-state index contributed by atoms with van der Waals surface area (Å²) in [7, 11) is 0. The van der Waals surface area contributed by atoms with Gasteiger partial charge in [-0.3, -0.25) is 9.69 Å². The number of nitrogens with one attached hydrogen (secondary N) is 2. The number of hydrogen-bond acceptors (Lipinski definition) is 8. The van der Waals surface area contributed by atoms with Gasteiger partial charge in [-0.2, -0.15) is 0 Å². The van der Waals surface area contributed by atoms with E-state index >= 15 is 0 Å². The van der Waals surface area contributed by atoms with E-state index in [4.69, 9.17) is 10.7 Å². The zero-order valence-electron chi connectivity index (χ0n) is 21.1. The van der Waals surface area contributed by atoms with Gasteiger partial charge >= 0.3 is 0 Å². The van der Waals surface area contributed by atoms with Gasteiger partial charge in [-0.05, 0) is 70.2 Å². The van der Waals surface area contributed by atoms with Crippen molar-refractivity contribution in [3.8, 4) is 0 Å². The summed E-state index contributed by atoms with van der Waals surface area (Å²) in [6, 6.07) is 8.99. The number of rotatable bonds is 8. The largest absolute Gasteiger partial charge is 0.393 e. The van der Waals surface area contributed by atoms with Crippen molar-refractivity contribution in [1.82, 2.24) is 14.9 Å². The molecule has 1 aliphatic heterocycles. The van der Waals surface area contributed by atoms with Crippen molar-refractivity contribution in [2.45, 2.75) is 71.1 Å². The Morgan fingerprint density at radius 2 is 1.71 bits per heavy atom. The van der Waals surface area contributed by atoms with Crippen LogP contribution in [0.3, 0.4) is 0 Å². The van der Waals surface area contributed by atoms with Gasteiger partial charge in [0.05, 0.1) is 11.8 Å². The highest BCUT2D eigenvalue weighted by molar-refractivity contribution is 5.96. The minimum Gasteiger partial charge on any atom is -0.393 e. The Bertz CT molecular complexity index is 996. The van der Waals surface area contributed by atoms with Crippen LogP contribution in [0, 0.1) is 0 Å². The van der Waals surface area contributed by atoms with E-state index in [2.05, 4.69) is 51.4 Å². The molecule has 0 unspecified atom stereocenters. The molecule has 2 aromatic rings. The first-order valence-electron chi connectivity index (χ1n) is 12.9. The van der Waals surface area contributed by atoms with Crippen molar-refractivity contribution in [2.24, 2.45) is 5.73 Å². The highest BCUT2D eigenvalue weighted by Gasteiger charge is 2.23. The number of anilines is 4. The zero-order chi connectivity index (χ0) is 24.9. The van der Waals surface area contributed by atoms with Crippen LogP contribution >= 0.6 is 0 Å². The number of primary amides is 1. The average Bonchev–Trinajstić information content (AvgIpc) is 2.86. The van der Waals surface area contributed by atoms with E-state index < -0.39 is 5.91 Å². The van der Waals surface area contributed by atoms with Crippen LogP contribution in [0.5, 0.6) is 0 Å². The lowest BCUT2D eigenvalue weighted by atomic mass is 9.93. The highest BCUT2D eigenvalue weighted by Crippen LogP contribution is 2.27. The van der Waals surface area contributed by atoms with E-state index in [9.17, 15) is 9.90 Å². The Labute approximate surface area is 208 Å². The number of amides is 1.